The minimum absolute atomic E-state index is 0.213. The van der Waals surface area contributed by atoms with Crippen LogP contribution in [0.2, 0.25) is 5.02 Å². The molecule has 0 unspecified atom stereocenters. The zero-order valence-electron chi connectivity index (χ0n) is 15.4. The Bertz CT molecular complexity index is 1090. The molecule has 1 aromatic carbocycles. The summed E-state index contributed by atoms with van der Waals surface area (Å²) in [7, 11) is 1.72. The van der Waals surface area contributed by atoms with Crippen LogP contribution in [-0.4, -0.2) is 27.6 Å². The highest BCUT2D eigenvalue weighted by Crippen LogP contribution is 2.26. The molecule has 0 bridgehead atoms. The van der Waals surface area contributed by atoms with Crippen molar-refractivity contribution in [1.29, 1.82) is 0 Å². The van der Waals surface area contributed by atoms with E-state index in [1.54, 1.807) is 47.2 Å². The number of furan rings is 2. The molecule has 4 rings (SSSR count). The minimum Gasteiger partial charge on any atom is -0.464 e. The zero-order valence-corrected chi connectivity index (χ0v) is 16.2. The van der Waals surface area contributed by atoms with Gasteiger partial charge in [-0.1, -0.05) is 11.6 Å². The quantitative estimate of drug-likeness (QED) is 0.479. The van der Waals surface area contributed by atoms with Crippen molar-refractivity contribution in [2.24, 2.45) is 0 Å². The van der Waals surface area contributed by atoms with E-state index in [0.29, 0.717) is 28.7 Å². The molecule has 0 aliphatic rings. The maximum absolute atomic E-state index is 12.9. The maximum atomic E-state index is 12.9. The summed E-state index contributed by atoms with van der Waals surface area (Å²) in [6.45, 7) is 2.23. The molecule has 0 fully saturated rings. The van der Waals surface area contributed by atoms with Crippen molar-refractivity contribution >= 4 is 17.5 Å². The first kappa shape index (κ1) is 18.1. The average Bonchev–Trinajstić information content (AvgIpc) is 3.42. The van der Waals surface area contributed by atoms with Crippen LogP contribution in [0.1, 0.15) is 22.0 Å². The Morgan fingerprint density at radius 3 is 2.61 bits per heavy atom. The van der Waals surface area contributed by atoms with Crippen molar-refractivity contribution in [2.45, 2.75) is 13.5 Å². The number of aryl methyl sites for hydroxylation is 1. The molecule has 0 saturated carbocycles. The molecular formula is C21H18ClN3O3. The Morgan fingerprint density at radius 1 is 1.18 bits per heavy atom. The Hall–Kier alpha value is -3.25. The molecule has 3 aromatic heterocycles. The second-order valence-electron chi connectivity index (χ2n) is 6.45. The Balaban J connectivity index is 1.68. The van der Waals surface area contributed by atoms with Crippen LogP contribution in [0, 0.1) is 6.92 Å². The molecule has 0 radical (unpaired) electrons. The normalized spacial score (nSPS) is 11.0. The molecule has 0 aliphatic heterocycles. The molecule has 28 heavy (non-hydrogen) atoms. The number of amides is 1. The molecule has 1 amide bonds. The summed E-state index contributed by atoms with van der Waals surface area (Å²) in [4.78, 5) is 14.5. The van der Waals surface area contributed by atoms with Gasteiger partial charge in [0.05, 0.1) is 18.5 Å². The number of halogens is 1. The Labute approximate surface area is 166 Å². The monoisotopic (exact) mass is 395 g/mol. The van der Waals surface area contributed by atoms with E-state index in [2.05, 4.69) is 5.10 Å². The van der Waals surface area contributed by atoms with E-state index in [-0.39, 0.29) is 5.91 Å². The van der Waals surface area contributed by atoms with E-state index in [9.17, 15) is 4.79 Å². The number of nitrogens with zero attached hydrogens (tertiary/aromatic N) is 3. The molecule has 6 nitrogen and oxygen atoms in total. The molecule has 3 heterocycles. The van der Waals surface area contributed by atoms with Crippen LogP contribution in [0.25, 0.3) is 17.1 Å². The highest BCUT2D eigenvalue weighted by Gasteiger charge is 2.21. The standard InChI is InChI=1S/C21H18ClN3O3/c1-14-5-10-17(28-14)13-24(2)21(26)18-12-19(20-4-3-11-27-20)25(23-18)16-8-6-15(22)7-9-16/h3-12H,13H2,1-2H3. The number of rotatable bonds is 5. The van der Waals surface area contributed by atoms with Gasteiger partial charge in [-0.05, 0) is 55.5 Å². The molecule has 0 spiro atoms. The molecule has 142 valence electrons. The SMILES string of the molecule is Cc1ccc(CN(C)C(=O)c2cc(-c3ccco3)n(-c3ccc(Cl)cc3)n2)o1. The summed E-state index contributed by atoms with van der Waals surface area (Å²) in [5, 5.41) is 5.15. The predicted molar refractivity (Wildman–Crippen MR) is 106 cm³/mol. The fourth-order valence-electron chi connectivity index (χ4n) is 2.94. The van der Waals surface area contributed by atoms with E-state index in [1.807, 2.05) is 37.3 Å². The van der Waals surface area contributed by atoms with Gasteiger partial charge in [0.15, 0.2) is 11.5 Å². The first-order valence-corrected chi connectivity index (χ1v) is 9.10. The smallest absolute Gasteiger partial charge is 0.274 e. The number of hydrogen-bond acceptors (Lipinski definition) is 4. The van der Waals surface area contributed by atoms with Crippen LogP contribution in [0.4, 0.5) is 0 Å². The summed E-state index contributed by atoms with van der Waals surface area (Å²) in [5.41, 5.74) is 1.77. The van der Waals surface area contributed by atoms with E-state index >= 15 is 0 Å². The highest BCUT2D eigenvalue weighted by atomic mass is 35.5. The summed E-state index contributed by atoms with van der Waals surface area (Å²) in [6, 6.07) is 16.3. The first-order chi connectivity index (χ1) is 13.5. The van der Waals surface area contributed by atoms with Gasteiger partial charge in [-0.2, -0.15) is 5.10 Å². The van der Waals surface area contributed by atoms with Crippen LogP contribution in [-0.2, 0) is 6.54 Å². The number of hydrogen-bond donors (Lipinski definition) is 0. The second kappa shape index (κ2) is 7.40. The Morgan fingerprint density at radius 2 is 1.96 bits per heavy atom. The fourth-order valence-corrected chi connectivity index (χ4v) is 3.06. The summed E-state index contributed by atoms with van der Waals surface area (Å²) >= 11 is 6.00. The predicted octanol–water partition coefficient (Wildman–Crippen LogP) is 4.96. The topological polar surface area (TPSA) is 64.4 Å². The van der Waals surface area contributed by atoms with Crippen molar-refractivity contribution in [1.82, 2.24) is 14.7 Å². The van der Waals surface area contributed by atoms with Gasteiger partial charge in [0.2, 0.25) is 0 Å². The van der Waals surface area contributed by atoms with Crippen LogP contribution in [0.3, 0.4) is 0 Å². The third-order valence-corrected chi connectivity index (χ3v) is 4.56. The van der Waals surface area contributed by atoms with Crippen LogP contribution in [0.15, 0.2) is 69.7 Å². The van der Waals surface area contributed by atoms with Gasteiger partial charge in [-0.25, -0.2) is 4.68 Å². The van der Waals surface area contributed by atoms with Gasteiger partial charge in [0.25, 0.3) is 5.91 Å². The largest absolute Gasteiger partial charge is 0.464 e. The van der Waals surface area contributed by atoms with E-state index < -0.39 is 0 Å². The van der Waals surface area contributed by atoms with Crippen LogP contribution < -0.4 is 0 Å². The lowest BCUT2D eigenvalue weighted by Crippen LogP contribution is -2.26. The van der Waals surface area contributed by atoms with Crippen molar-refractivity contribution in [2.75, 3.05) is 7.05 Å². The minimum atomic E-state index is -0.213. The van der Waals surface area contributed by atoms with Crippen molar-refractivity contribution < 1.29 is 13.6 Å². The average molecular weight is 396 g/mol. The van der Waals surface area contributed by atoms with E-state index in [4.69, 9.17) is 20.4 Å². The van der Waals surface area contributed by atoms with Gasteiger partial charge in [-0.3, -0.25) is 4.79 Å². The van der Waals surface area contributed by atoms with Crippen molar-refractivity contribution in [3.05, 3.63) is 83.1 Å². The van der Waals surface area contributed by atoms with E-state index in [0.717, 1.165) is 17.2 Å². The highest BCUT2D eigenvalue weighted by molar-refractivity contribution is 6.30. The molecule has 0 aliphatic carbocycles. The molecular weight excluding hydrogens is 378 g/mol. The number of carbonyl (C=O) groups is 1. The number of carbonyl (C=O) groups excluding carboxylic acids is 1. The molecule has 7 heteroatoms. The Kier molecular flexibility index (Phi) is 4.79. The summed E-state index contributed by atoms with van der Waals surface area (Å²) in [5.74, 6) is 1.93. The summed E-state index contributed by atoms with van der Waals surface area (Å²) < 4.78 is 12.8. The zero-order chi connectivity index (χ0) is 19.7. The second-order valence-corrected chi connectivity index (χ2v) is 6.89. The lowest BCUT2D eigenvalue weighted by molar-refractivity contribution is 0.0768. The lowest BCUT2D eigenvalue weighted by atomic mass is 10.2. The van der Waals surface area contributed by atoms with Gasteiger partial charge in [-0.15, -0.1) is 0 Å². The van der Waals surface area contributed by atoms with Gasteiger partial charge >= 0.3 is 0 Å². The lowest BCUT2D eigenvalue weighted by Gasteiger charge is -2.14. The number of benzene rings is 1. The third kappa shape index (κ3) is 3.59. The number of aromatic nitrogens is 2. The molecule has 4 aromatic rings. The first-order valence-electron chi connectivity index (χ1n) is 8.72. The van der Waals surface area contributed by atoms with Crippen molar-refractivity contribution in [3.8, 4) is 17.1 Å². The van der Waals surface area contributed by atoms with Gasteiger partial charge < -0.3 is 13.7 Å². The van der Waals surface area contributed by atoms with Crippen LogP contribution >= 0.6 is 11.6 Å². The van der Waals surface area contributed by atoms with Gasteiger partial charge in [0, 0.05) is 18.1 Å². The third-order valence-electron chi connectivity index (χ3n) is 4.31. The van der Waals surface area contributed by atoms with E-state index in [1.165, 1.54) is 0 Å². The molecule has 0 N–H and O–H groups in total. The van der Waals surface area contributed by atoms with Crippen molar-refractivity contribution in [3.63, 3.8) is 0 Å². The van der Waals surface area contributed by atoms with Crippen LogP contribution in [0.5, 0.6) is 0 Å². The fraction of sp³-hybridized carbons (Fsp3) is 0.143. The maximum Gasteiger partial charge on any atom is 0.274 e. The molecule has 0 saturated heterocycles. The molecule has 0 atom stereocenters. The summed E-state index contributed by atoms with van der Waals surface area (Å²) in [6.07, 6.45) is 1.58. The van der Waals surface area contributed by atoms with Gasteiger partial charge in [0.1, 0.15) is 17.2 Å².